The molecule has 4 aromatic rings. The number of H-pyrrole nitrogens is 1. The Labute approximate surface area is 173 Å². The highest BCUT2D eigenvalue weighted by Gasteiger charge is 2.11. The van der Waals surface area contributed by atoms with Gasteiger partial charge in [-0.05, 0) is 33.5 Å². The van der Waals surface area contributed by atoms with Crippen LogP contribution in [-0.2, 0) is 13.0 Å². The van der Waals surface area contributed by atoms with Crippen molar-refractivity contribution in [2.45, 2.75) is 32.7 Å². The van der Waals surface area contributed by atoms with Gasteiger partial charge < -0.3 is 5.11 Å². The van der Waals surface area contributed by atoms with Gasteiger partial charge in [0.2, 0.25) is 5.88 Å². The van der Waals surface area contributed by atoms with Gasteiger partial charge in [0, 0.05) is 12.0 Å². The second kappa shape index (κ2) is 8.69. The zero-order valence-corrected chi connectivity index (χ0v) is 16.6. The summed E-state index contributed by atoms with van der Waals surface area (Å²) in [6, 6.07) is 17.1. The average Bonchev–Trinajstić information content (AvgIpc) is 3.30. The number of aromatic hydroxyl groups is 1. The van der Waals surface area contributed by atoms with Gasteiger partial charge in [0.05, 0.1) is 12.6 Å². The molecule has 30 heavy (non-hydrogen) atoms. The van der Waals surface area contributed by atoms with Crippen molar-refractivity contribution in [2.75, 3.05) is 0 Å². The van der Waals surface area contributed by atoms with Crippen LogP contribution >= 0.6 is 0 Å². The summed E-state index contributed by atoms with van der Waals surface area (Å²) in [7, 11) is 0. The molecule has 0 aliphatic carbocycles. The summed E-state index contributed by atoms with van der Waals surface area (Å²) in [6.07, 6.45) is 2.54. The predicted octanol–water partition coefficient (Wildman–Crippen LogP) is 3.19. The van der Waals surface area contributed by atoms with E-state index in [-0.39, 0.29) is 11.4 Å². The molecular weight excluding hydrogens is 380 g/mol. The number of rotatable bonds is 7. The SMILES string of the molecule is CCCCc1nc(O)cc(=O)n1Cc1ccc(-c2ccccc2-c2nnn[nH]2)cc1. The van der Waals surface area contributed by atoms with Crippen molar-refractivity contribution >= 4 is 0 Å². The molecule has 0 amide bonds. The first-order valence-electron chi connectivity index (χ1n) is 9.88. The topological polar surface area (TPSA) is 110 Å². The lowest BCUT2D eigenvalue weighted by molar-refractivity contribution is 0.440. The van der Waals surface area contributed by atoms with E-state index in [0.29, 0.717) is 24.6 Å². The minimum Gasteiger partial charge on any atom is -0.493 e. The molecule has 0 aliphatic heterocycles. The monoisotopic (exact) mass is 402 g/mol. The third kappa shape index (κ3) is 4.12. The first-order chi connectivity index (χ1) is 14.7. The summed E-state index contributed by atoms with van der Waals surface area (Å²) in [4.78, 5) is 16.6. The number of nitrogens with zero attached hydrogens (tertiary/aromatic N) is 5. The molecule has 0 radical (unpaired) electrons. The normalized spacial score (nSPS) is 11.0. The fourth-order valence-corrected chi connectivity index (χ4v) is 3.42. The molecule has 0 bridgehead atoms. The smallest absolute Gasteiger partial charge is 0.257 e. The first kappa shape index (κ1) is 19.5. The van der Waals surface area contributed by atoms with E-state index in [2.05, 4.69) is 32.5 Å². The lowest BCUT2D eigenvalue weighted by Gasteiger charge is -2.13. The van der Waals surface area contributed by atoms with Gasteiger partial charge >= 0.3 is 0 Å². The van der Waals surface area contributed by atoms with Crippen LogP contribution in [0.1, 0.15) is 31.2 Å². The fourth-order valence-electron chi connectivity index (χ4n) is 3.42. The van der Waals surface area contributed by atoms with Gasteiger partial charge in [0.25, 0.3) is 5.56 Å². The van der Waals surface area contributed by atoms with Crippen molar-refractivity contribution in [3.63, 3.8) is 0 Å². The number of aromatic amines is 1. The van der Waals surface area contributed by atoms with Crippen molar-refractivity contribution in [2.24, 2.45) is 0 Å². The number of hydrogen-bond donors (Lipinski definition) is 2. The molecule has 0 unspecified atom stereocenters. The van der Waals surface area contributed by atoms with Gasteiger partial charge in [0.1, 0.15) is 5.82 Å². The largest absolute Gasteiger partial charge is 0.493 e. The van der Waals surface area contributed by atoms with Crippen molar-refractivity contribution in [1.82, 2.24) is 30.2 Å². The van der Waals surface area contributed by atoms with Crippen LogP contribution < -0.4 is 5.56 Å². The summed E-state index contributed by atoms with van der Waals surface area (Å²) in [6.45, 7) is 2.48. The minimum absolute atomic E-state index is 0.226. The highest BCUT2D eigenvalue weighted by atomic mass is 16.3. The maximum Gasteiger partial charge on any atom is 0.257 e. The number of unbranched alkanes of at least 4 members (excludes halogenated alkanes) is 1. The van der Waals surface area contributed by atoms with Crippen molar-refractivity contribution in [3.05, 3.63) is 76.3 Å². The maximum absolute atomic E-state index is 12.4. The van der Waals surface area contributed by atoms with Gasteiger partial charge in [0.15, 0.2) is 5.82 Å². The first-order valence-corrected chi connectivity index (χ1v) is 9.88. The standard InChI is InChI=1S/C22H22N6O2/c1-2-3-8-19-23-20(29)13-21(30)28(19)14-15-9-11-16(12-10-15)17-6-4-5-7-18(17)22-24-26-27-25-22/h4-7,9-13,29H,2-3,8,14H2,1H3,(H,24,25,26,27). The molecule has 152 valence electrons. The van der Waals surface area contributed by atoms with Gasteiger partial charge in [-0.3, -0.25) is 9.36 Å². The maximum atomic E-state index is 12.4. The zero-order valence-electron chi connectivity index (χ0n) is 16.6. The molecule has 0 atom stereocenters. The molecule has 2 aromatic carbocycles. The molecule has 2 aromatic heterocycles. The number of benzene rings is 2. The molecule has 0 spiro atoms. The Morgan fingerprint density at radius 2 is 1.83 bits per heavy atom. The van der Waals surface area contributed by atoms with Gasteiger partial charge in [-0.2, -0.15) is 0 Å². The molecule has 2 N–H and O–H groups in total. The van der Waals surface area contributed by atoms with E-state index in [4.69, 9.17) is 0 Å². The van der Waals surface area contributed by atoms with E-state index in [9.17, 15) is 9.90 Å². The van der Waals surface area contributed by atoms with E-state index in [1.165, 1.54) is 0 Å². The van der Waals surface area contributed by atoms with E-state index >= 15 is 0 Å². The summed E-state index contributed by atoms with van der Waals surface area (Å²) >= 11 is 0. The van der Waals surface area contributed by atoms with Gasteiger partial charge in [-0.25, -0.2) is 10.1 Å². The third-order valence-electron chi connectivity index (χ3n) is 4.96. The molecule has 8 nitrogen and oxygen atoms in total. The Kier molecular flexibility index (Phi) is 5.65. The van der Waals surface area contributed by atoms with Crippen molar-refractivity contribution in [3.8, 4) is 28.4 Å². The van der Waals surface area contributed by atoms with Crippen LogP contribution in [0.15, 0.2) is 59.4 Å². The molecule has 2 heterocycles. The van der Waals surface area contributed by atoms with Crippen LogP contribution in [0, 0.1) is 0 Å². The summed E-state index contributed by atoms with van der Waals surface area (Å²) in [5.74, 6) is 0.988. The van der Waals surface area contributed by atoms with Crippen LogP contribution in [-0.4, -0.2) is 35.3 Å². The van der Waals surface area contributed by atoms with Crippen LogP contribution in [0.2, 0.25) is 0 Å². The molecular formula is C22H22N6O2. The van der Waals surface area contributed by atoms with E-state index in [1.54, 1.807) is 4.57 Å². The second-order valence-corrected chi connectivity index (χ2v) is 7.05. The molecule has 0 saturated carbocycles. The number of tetrazole rings is 1. The van der Waals surface area contributed by atoms with Crippen LogP contribution in [0.5, 0.6) is 5.88 Å². The molecule has 0 aliphatic rings. The molecule has 8 heteroatoms. The predicted molar refractivity (Wildman–Crippen MR) is 113 cm³/mol. The summed E-state index contributed by atoms with van der Waals surface area (Å²) < 4.78 is 1.62. The fraction of sp³-hybridized carbons (Fsp3) is 0.227. The van der Waals surface area contributed by atoms with Crippen LogP contribution in [0.3, 0.4) is 0 Å². The van der Waals surface area contributed by atoms with Crippen molar-refractivity contribution in [1.29, 1.82) is 0 Å². The lowest BCUT2D eigenvalue weighted by atomic mass is 9.98. The van der Waals surface area contributed by atoms with E-state index in [1.807, 2.05) is 48.5 Å². The Hall–Kier alpha value is -3.81. The van der Waals surface area contributed by atoms with Crippen LogP contribution in [0.25, 0.3) is 22.5 Å². The molecule has 0 saturated heterocycles. The lowest BCUT2D eigenvalue weighted by Crippen LogP contribution is -2.24. The van der Waals surface area contributed by atoms with Crippen molar-refractivity contribution < 1.29 is 5.11 Å². The molecule has 0 fully saturated rings. The Balaban J connectivity index is 1.63. The quantitative estimate of drug-likeness (QED) is 0.491. The zero-order chi connectivity index (χ0) is 20.9. The van der Waals surface area contributed by atoms with Gasteiger partial charge in [-0.1, -0.05) is 61.9 Å². The van der Waals surface area contributed by atoms with E-state index < -0.39 is 0 Å². The van der Waals surface area contributed by atoms with Gasteiger partial charge in [-0.15, -0.1) is 5.10 Å². The number of aryl methyl sites for hydroxylation is 1. The Morgan fingerprint density at radius 3 is 2.53 bits per heavy atom. The summed E-state index contributed by atoms with van der Waals surface area (Å²) in [5, 5.41) is 23.9. The number of aromatic nitrogens is 6. The highest BCUT2D eigenvalue weighted by Crippen LogP contribution is 2.29. The second-order valence-electron chi connectivity index (χ2n) is 7.05. The number of hydrogen-bond acceptors (Lipinski definition) is 6. The summed E-state index contributed by atoms with van der Waals surface area (Å²) in [5.41, 5.74) is 3.67. The van der Waals surface area contributed by atoms with Crippen LogP contribution in [0.4, 0.5) is 0 Å². The minimum atomic E-state index is -0.249. The number of nitrogens with one attached hydrogen (secondary N) is 1. The third-order valence-corrected chi connectivity index (χ3v) is 4.96. The Bertz CT molecular complexity index is 1180. The average molecular weight is 402 g/mol. The van der Waals surface area contributed by atoms with E-state index in [0.717, 1.165) is 41.2 Å². The Morgan fingerprint density at radius 1 is 1.07 bits per heavy atom. The molecule has 4 rings (SSSR count). The highest BCUT2D eigenvalue weighted by molar-refractivity contribution is 5.80.